The maximum absolute atomic E-state index is 16.4. The Morgan fingerprint density at radius 3 is 2.48 bits per heavy atom. The maximum atomic E-state index is 16.4. The van der Waals surface area contributed by atoms with Gasteiger partial charge in [-0.2, -0.15) is 10.2 Å². The lowest BCUT2D eigenvalue weighted by Gasteiger charge is -2.34. The van der Waals surface area contributed by atoms with Crippen LogP contribution in [-0.4, -0.2) is 83.9 Å². The molecule has 19 heteroatoms. The number of imidazole rings is 1. The van der Waals surface area contributed by atoms with E-state index >= 15 is 13.6 Å². The molecule has 0 radical (unpaired) electrons. The van der Waals surface area contributed by atoms with Crippen LogP contribution in [-0.2, 0) is 29.5 Å². The molecule has 6 aromatic heterocycles. The second-order valence-corrected chi connectivity index (χ2v) is 18.6. The Labute approximate surface area is 373 Å². The van der Waals surface area contributed by atoms with Gasteiger partial charge in [0.25, 0.3) is 5.91 Å². The van der Waals surface area contributed by atoms with E-state index in [0.29, 0.717) is 107 Å². The van der Waals surface area contributed by atoms with Gasteiger partial charge in [-0.05, 0) is 106 Å². The fraction of sp³-hybridized carbons (Fsp3) is 0.404. The molecule has 3 fully saturated rings. The summed E-state index contributed by atoms with van der Waals surface area (Å²) in [6.45, 7) is 5.45. The molecule has 2 aliphatic heterocycles. The monoisotopic (exact) mass is 894 g/mol. The average molecular weight is 895 g/mol. The van der Waals surface area contributed by atoms with Gasteiger partial charge in [0.2, 0.25) is 0 Å². The molecule has 3 unspecified atom stereocenters. The van der Waals surface area contributed by atoms with E-state index < -0.39 is 28.8 Å². The van der Waals surface area contributed by atoms with Gasteiger partial charge in [-0.15, -0.1) is 0 Å². The predicted molar refractivity (Wildman–Crippen MR) is 233 cm³/mol. The second kappa shape index (κ2) is 14.2. The number of carbonyl (C=O) groups is 1. The highest BCUT2D eigenvalue weighted by molar-refractivity contribution is 5.98. The van der Waals surface area contributed by atoms with Crippen LogP contribution < -0.4 is 11.4 Å². The van der Waals surface area contributed by atoms with Crippen LogP contribution in [0.4, 0.5) is 8.78 Å². The fourth-order valence-electron chi connectivity index (χ4n) is 11.2. The van der Waals surface area contributed by atoms with Gasteiger partial charge in [0.05, 0.1) is 63.5 Å². The van der Waals surface area contributed by atoms with Crippen LogP contribution in [0, 0.1) is 17.6 Å². The molecule has 2 aromatic carbocycles. The summed E-state index contributed by atoms with van der Waals surface area (Å²) in [6.07, 6.45) is 12.8. The first kappa shape index (κ1) is 39.4. The highest BCUT2D eigenvalue weighted by Crippen LogP contribution is 2.56. The number of ether oxygens (including phenoxy) is 1. The lowest BCUT2D eigenvalue weighted by atomic mass is 9.98. The molecule has 1 N–H and O–H groups in total. The van der Waals surface area contributed by atoms with Crippen LogP contribution in [0.15, 0.2) is 69.2 Å². The minimum Gasteiger partial charge on any atom is -0.381 e. The number of hydrogen-bond acceptors (Lipinski definition) is 10. The second-order valence-electron chi connectivity index (χ2n) is 18.6. The van der Waals surface area contributed by atoms with Crippen molar-refractivity contribution in [1.82, 2.24) is 58.3 Å². The predicted octanol–water partition coefficient (Wildman–Crippen LogP) is 6.12. The third-order valence-corrected chi connectivity index (χ3v) is 14.9. The number of halogens is 2. The van der Waals surface area contributed by atoms with E-state index in [2.05, 4.69) is 15.2 Å². The van der Waals surface area contributed by atoms with Crippen LogP contribution in [0.3, 0.4) is 0 Å². The van der Waals surface area contributed by atoms with Crippen LogP contribution in [0.1, 0.15) is 115 Å². The quantitative estimate of drug-likeness (QED) is 0.187. The number of hydrogen-bond donors (Lipinski definition) is 1. The van der Waals surface area contributed by atoms with Gasteiger partial charge in [-0.25, -0.2) is 33.0 Å². The van der Waals surface area contributed by atoms with Crippen molar-refractivity contribution < 1.29 is 22.8 Å². The first-order chi connectivity index (χ1) is 32.1. The molecule has 13 rings (SSSR count). The normalized spacial score (nSPS) is 21.8. The average Bonchev–Trinajstić information content (AvgIpc) is 3.74. The molecule has 336 valence electrons. The van der Waals surface area contributed by atoms with E-state index in [-0.39, 0.29) is 41.8 Å². The minimum absolute atomic E-state index is 0.0425. The summed E-state index contributed by atoms with van der Waals surface area (Å²) < 4.78 is 50.5. The smallest absolute Gasteiger partial charge is 0.381 e. The summed E-state index contributed by atoms with van der Waals surface area (Å²) in [6, 6.07) is 7.93. The number of H-pyrrole nitrogens is 1. The number of rotatable bonds is 8. The third-order valence-electron chi connectivity index (χ3n) is 14.9. The Balaban J connectivity index is 0.957. The molecule has 0 bridgehead atoms. The van der Waals surface area contributed by atoms with Gasteiger partial charge < -0.3 is 14.2 Å². The minimum atomic E-state index is -0.920. The zero-order valence-electron chi connectivity index (χ0n) is 36.2. The molecule has 66 heavy (non-hydrogen) atoms. The first-order valence-corrected chi connectivity index (χ1v) is 22.8. The standard InChI is InChI=1S/C47H44F2N12O5/c1-24-21-47(24,44-53-45(63)66-55-44)59-37(20-33-38(59)23-50-41(52-33)26-13-18-65-19-14-26)43(62)56-15-12-32-39(25(56)2)42(61(54-32)34-9-8-31(48)28-4-3-5-29(28)34)58-17-16-57(46(58)64)36-11-10-35-30(40(36)49)22-51-60(35)27-6-7-27/h8-11,16-17,20,22-27H,3-7,12-15,18-19,21H2,1-2H3,(H,53,55,63). The van der Waals surface area contributed by atoms with Crippen molar-refractivity contribution in [3.05, 3.63) is 128 Å². The SMILES string of the molecule is CC1c2c(nn(-c3ccc(F)c4c3CCC4)c2-n2ccn(-c3ccc4c(cnn4C4CC4)c3F)c2=O)CCN1C(=O)c1cc2nc(C3CCOCC3)ncc2n1C1(c2noc(=O)[nH]2)CC1C. The van der Waals surface area contributed by atoms with Gasteiger partial charge in [-0.3, -0.25) is 28.1 Å². The number of fused-ring (bicyclic) bond motifs is 4. The topological polar surface area (TPSA) is 182 Å². The van der Waals surface area contributed by atoms with Gasteiger partial charge >= 0.3 is 11.4 Å². The number of benzene rings is 2. The molecule has 0 spiro atoms. The molecule has 3 atom stereocenters. The molecule has 2 saturated carbocycles. The number of carbonyl (C=O) groups excluding carboxylic acids is 1. The number of nitrogens with zero attached hydrogens (tertiary/aromatic N) is 11. The van der Waals surface area contributed by atoms with Crippen LogP contribution in [0.5, 0.6) is 0 Å². The third kappa shape index (κ3) is 5.64. The van der Waals surface area contributed by atoms with Crippen molar-refractivity contribution in [2.24, 2.45) is 5.92 Å². The number of aromatic amines is 1. The zero-order valence-corrected chi connectivity index (χ0v) is 36.2. The van der Waals surface area contributed by atoms with E-state index in [1.165, 1.54) is 27.6 Å². The van der Waals surface area contributed by atoms with Crippen LogP contribution in [0.2, 0.25) is 0 Å². The summed E-state index contributed by atoms with van der Waals surface area (Å²) in [4.78, 5) is 57.2. The number of nitrogens with one attached hydrogen (secondary N) is 1. The van der Waals surface area contributed by atoms with E-state index in [1.807, 2.05) is 23.1 Å². The Morgan fingerprint density at radius 2 is 1.71 bits per heavy atom. The fourth-order valence-corrected chi connectivity index (χ4v) is 11.2. The molecule has 5 aliphatic rings. The van der Waals surface area contributed by atoms with E-state index in [9.17, 15) is 9.59 Å². The molecule has 1 saturated heterocycles. The van der Waals surface area contributed by atoms with E-state index in [0.717, 1.165) is 37.7 Å². The van der Waals surface area contributed by atoms with Crippen molar-refractivity contribution in [1.29, 1.82) is 0 Å². The van der Waals surface area contributed by atoms with Crippen LogP contribution in [0.25, 0.3) is 39.1 Å². The number of aromatic nitrogens is 11. The molecule has 1 amide bonds. The van der Waals surface area contributed by atoms with E-state index in [1.54, 1.807) is 46.2 Å². The molecular weight excluding hydrogens is 851 g/mol. The lowest BCUT2D eigenvalue weighted by molar-refractivity contribution is 0.0663. The Bertz CT molecular complexity index is 3450. The molecular formula is C47H44F2N12O5. The Hall–Kier alpha value is -7.02. The van der Waals surface area contributed by atoms with Gasteiger partial charge in [-0.1, -0.05) is 12.1 Å². The van der Waals surface area contributed by atoms with Crippen molar-refractivity contribution in [3.63, 3.8) is 0 Å². The van der Waals surface area contributed by atoms with Crippen molar-refractivity contribution in [2.45, 2.75) is 95.2 Å². The number of amides is 1. The van der Waals surface area contributed by atoms with Crippen LogP contribution >= 0.6 is 0 Å². The van der Waals surface area contributed by atoms with Gasteiger partial charge in [0, 0.05) is 50.1 Å². The molecule has 3 aliphatic carbocycles. The summed E-state index contributed by atoms with van der Waals surface area (Å²) in [5.41, 5.74) is 4.19. The highest BCUT2D eigenvalue weighted by Gasteiger charge is 2.59. The largest absolute Gasteiger partial charge is 0.438 e. The van der Waals surface area contributed by atoms with Gasteiger partial charge in [0.15, 0.2) is 11.6 Å². The van der Waals surface area contributed by atoms with Crippen molar-refractivity contribution in [3.8, 4) is 17.2 Å². The maximum Gasteiger partial charge on any atom is 0.438 e. The van der Waals surface area contributed by atoms with Crippen molar-refractivity contribution in [2.75, 3.05) is 19.8 Å². The summed E-state index contributed by atoms with van der Waals surface area (Å²) in [5, 5.41) is 14.1. The molecule has 8 aromatic rings. The summed E-state index contributed by atoms with van der Waals surface area (Å²) in [7, 11) is 0. The molecule has 17 nitrogen and oxygen atoms in total. The van der Waals surface area contributed by atoms with E-state index in [4.69, 9.17) is 24.3 Å². The lowest BCUT2D eigenvalue weighted by Crippen LogP contribution is -2.41. The Kier molecular flexibility index (Phi) is 8.49. The zero-order chi connectivity index (χ0) is 44.7. The Morgan fingerprint density at radius 1 is 0.924 bits per heavy atom. The summed E-state index contributed by atoms with van der Waals surface area (Å²) in [5.74, 6) is -0.427. The highest BCUT2D eigenvalue weighted by atomic mass is 19.1. The van der Waals surface area contributed by atoms with Gasteiger partial charge in [0.1, 0.15) is 28.7 Å². The molecule has 8 heterocycles. The van der Waals surface area contributed by atoms with Crippen molar-refractivity contribution >= 4 is 27.8 Å². The first-order valence-electron chi connectivity index (χ1n) is 22.8. The summed E-state index contributed by atoms with van der Waals surface area (Å²) >= 11 is 0.